The molecule has 2 amide bonds. The number of hydrogen-bond acceptors (Lipinski definition) is 4. The van der Waals surface area contributed by atoms with E-state index in [0.29, 0.717) is 28.4 Å². The Morgan fingerprint density at radius 1 is 0.964 bits per heavy atom. The van der Waals surface area contributed by atoms with Crippen molar-refractivity contribution in [2.24, 2.45) is 0 Å². The molecule has 0 spiro atoms. The van der Waals surface area contributed by atoms with Crippen LogP contribution in [0.25, 0.3) is 0 Å². The lowest BCUT2D eigenvalue weighted by Gasteiger charge is -2.09. The smallest absolute Gasteiger partial charge is 0.257 e. The average molecular weight is 399 g/mol. The molecule has 0 bridgehead atoms. The molecule has 0 saturated carbocycles. The third kappa shape index (κ3) is 5.05. The Hall–Kier alpha value is -3.45. The van der Waals surface area contributed by atoms with Gasteiger partial charge < -0.3 is 16.0 Å². The van der Waals surface area contributed by atoms with E-state index in [1.165, 1.54) is 31.3 Å². The van der Waals surface area contributed by atoms with Crippen LogP contribution < -0.4 is 16.0 Å². The van der Waals surface area contributed by atoms with Gasteiger partial charge in [-0.15, -0.1) is 0 Å². The highest BCUT2D eigenvalue weighted by atomic mass is 35.5. The molecule has 28 heavy (non-hydrogen) atoms. The molecule has 0 saturated heterocycles. The molecule has 0 atom stereocenters. The van der Waals surface area contributed by atoms with Crippen molar-refractivity contribution < 1.29 is 14.0 Å². The second-order valence-corrected chi connectivity index (χ2v) is 6.31. The van der Waals surface area contributed by atoms with E-state index in [9.17, 15) is 14.0 Å². The first-order valence-corrected chi connectivity index (χ1v) is 8.65. The molecule has 1 heterocycles. The maximum absolute atomic E-state index is 13.2. The maximum Gasteiger partial charge on any atom is 0.257 e. The number of halogens is 2. The molecular formula is C20H16ClFN4O2. The molecule has 1 aromatic heterocycles. The second-order valence-electron chi connectivity index (χ2n) is 5.90. The monoisotopic (exact) mass is 398 g/mol. The van der Waals surface area contributed by atoms with Crippen molar-refractivity contribution in [3.05, 3.63) is 77.2 Å². The lowest BCUT2D eigenvalue weighted by molar-refractivity contribution is -0.114. The van der Waals surface area contributed by atoms with Gasteiger partial charge in [0.05, 0.1) is 10.6 Å². The first-order chi connectivity index (χ1) is 13.4. The van der Waals surface area contributed by atoms with E-state index >= 15 is 0 Å². The Morgan fingerprint density at radius 3 is 2.36 bits per heavy atom. The average Bonchev–Trinajstić information content (AvgIpc) is 2.65. The normalized spacial score (nSPS) is 10.2. The van der Waals surface area contributed by atoms with Crippen molar-refractivity contribution in [2.75, 3.05) is 16.0 Å². The fourth-order valence-electron chi connectivity index (χ4n) is 2.41. The summed E-state index contributed by atoms with van der Waals surface area (Å²) in [6.07, 6.45) is 1.42. The summed E-state index contributed by atoms with van der Waals surface area (Å²) in [5.41, 5.74) is 2.05. The minimum Gasteiger partial charge on any atom is -0.340 e. The molecule has 0 unspecified atom stereocenters. The zero-order chi connectivity index (χ0) is 20.1. The number of carbonyl (C=O) groups excluding carboxylic acids is 2. The molecule has 3 rings (SSSR count). The summed E-state index contributed by atoms with van der Waals surface area (Å²) in [6, 6.07) is 14.3. The van der Waals surface area contributed by atoms with Crippen LogP contribution in [0.1, 0.15) is 17.3 Å². The van der Waals surface area contributed by atoms with Crippen LogP contribution >= 0.6 is 11.6 Å². The third-order valence-corrected chi connectivity index (χ3v) is 3.95. The summed E-state index contributed by atoms with van der Waals surface area (Å²) >= 11 is 5.75. The van der Waals surface area contributed by atoms with Crippen molar-refractivity contribution in [3.8, 4) is 0 Å². The highest BCUT2D eigenvalue weighted by Gasteiger charge is 2.08. The zero-order valence-electron chi connectivity index (χ0n) is 14.8. The van der Waals surface area contributed by atoms with Crippen molar-refractivity contribution in [1.29, 1.82) is 0 Å². The number of amides is 2. The fourth-order valence-corrected chi connectivity index (χ4v) is 2.59. The van der Waals surface area contributed by atoms with Crippen LogP contribution in [0.4, 0.5) is 27.3 Å². The Morgan fingerprint density at radius 2 is 1.71 bits per heavy atom. The summed E-state index contributed by atoms with van der Waals surface area (Å²) < 4.78 is 13.2. The van der Waals surface area contributed by atoms with E-state index in [4.69, 9.17) is 11.6 Å². The molecule has 0 aliphatic carbocycles. The Kier molecular flexibility index (Phi) is 5.86. The van der Waals surface area contributed by atoms with Crippen LogP contribution in [0.3, 0.4) is 0 Å². The van der Waals surface area contributed by atoms with Crippen LogP contribution in [0.15, 0.2) is 60.8 Å². The van der Waals surface area contributed by atoms with Crippen molar-refractivity contribution in [2.45, 2.75) is 6.92 Å². The predicted molar refractivity (Wildman–Crippen MR) is 108 cm³/mol. The molecule has 142 valence electrons. The fraction of sp³-hybridized carbons (Fsp3) is 0.0500. The van der Waals surface area contributed by atoms with Gasteiger partial charge in [-0.1, -0.05) is 17.7 Å². The SMILES string of the molecule is CC(=O)Nc1cccc(NC(=O)c2ccc(Nc3ccc(F)c(Cl)c3)nc2)c1. The molecule has 0 radical (unpaired) electrons. The maximum atomic E-state index is 13.2. The minimum absolute atomic E-state index is 0.00231. The molecule has 0 fully saturated rings. The third-order valence-electron chi connectivity index (χ3n) is 3.66. The van der Waals surface area contributed by atoms with Crippen molar-refractivity contribution in [1.82, 2.24) is 4.98 Å². The number of nitrogens with one attached hydrogen (secondary N) is 3. The quantitative estimate of drug-likeness (QED) is 0.575. The first-order valence-electron chi connectivity index (χ1n) is 8.28. The van der Waals surface area contributed by atoms with Gasteiger partial charge in [0.15, 0.2) is 0 Å². The number of hydrogen-bond donors (Lipinski definition) is 3. The van der Waals surface area contributed by atoms with Crippen molar-refractivity contribution in [3.63, 3.8) is 0 Å². The Bertz CT molecular complexity index is 1020. The lowest BCUT2D eigenvalue weighted by atomic mass is 10.2. The van der Waals surface area contributed by atoms with Gasteiger partial charge in [0, 0.05) is 30.2 Å². The largest absolute Gasteiger partial charge is 0.340 e. The van der Waals surface area contributed by atoms with Gasteiger partial charge in [-0.25, -0.2) is 9.37 Å². The number of rotatable bonds is 5. The van der Waals surface area contributed by atoms with Crippen LogP contribution in [0, 0.1) is 5.82 Å². The number of carbonyl (C=O) groups is 2. The molecule has 3 aromatic rings. The number of benzene rings is 2. The van der Waals surface area contributed by atoms with Crippen molar-refractivity contribution >= 4 is 46.3 Å². The highest BCUT2D eigenvalue weighted by molar-refractivity contribution is 6.31. The second kappa shape index (κ2) is 8.49. The van der Waals surface area contributed by atoms with Crippen LogP contribution in [0.2, 0.25) is 5.02 Å². The minimum atomic E-state index is -0.505. The summed E-state index contributed by atoms with van der Waals surface area (Å²) in [5.74, 6) is -0.566. The Labute approximate surface area is 165 Å². The van der Waals surface area contributed by atoms with Gasteiger partial charge in [0.2, 0.25) is 5.91 Å². The number of aromatic nitrogens is 1. The van der Waals surface area contributed by atoms with E-state index in [-0.39, 0.29) is 16.8 Å². The van der Waals surface area contributed by atoms with Crippen LogP contribution in [-0.2, 0) is 4.79 Å². The van der Waals surface area contributed by atoms with E-state index in [1.54, 1.807) is 36.4 Å². The predicted octanol–water partition coefficient (Wildman–Crippen LogP) is 4.83. The zero-order valence-corrected chi connectivity index (χ0v) is 15.5. The number of anilines is 4. The van der Waals surface area contributed by atoms with E-state index in [0.717, 1.165) is 0 Å². The molecule has 0 aliphatic rings. The highest BCUT2D eigenvalue weighted by Crippen LogP contribution is 2.22. The molecule has 0 aliphatic heterocycles. The summed E-state index contributed by atoms with van der Waals surface area (Å²) in [4.78, 5) is 27.7. The van der Waals surface area contributed by atoms with E-state index < -0.39 is 5.82 Å². The number of pyridine rings is 1. The van der Waals surface area contributed by atoms with Gasteiger partial charge >= 0.3 is 0 Å². The number of nitrogens with zero attached hydrogens (tertiary/aromatic N) is 1. The van der Waals surface area contributed by atoms with E-state index in [1.807, 2.05) is 0 Å². The van der Waals surface area contributed by atoms with Crippen LogP contribution in [-0.4, -0.2) is 16.8 Å². The molecule has 3 N–H and O–H groups in total. The topological polar surface area (TPSA) is 83.1 Å². The standard InChI is InChI=1S/C20H16ClFN4O2/c1-12(27)24-14-3-2-4-15(9-14)26-20(28)13-5-8-19(23-11-13)25-16-6-7-18(22)17(21)10-16/h2-11H,1H3,(H,23,25)(H,24,27)(H,26,28). The lowest BCUT2D eigenvalue weighted by Crippen LogP contribution is -2.13. The van der Waals surface area contributed by atoms with Gasteiger partial charge in [0.1, 0.15) is 11.6 Å². The van der Waals surface area contributed by atoms with Crippen LogP contribution in [0.5, 0.6) is 0 Å². The summed E-state index contributed by atoms with van der Waals surface area (Å²) in [5, 5.41) is 8.38. The van der Waals surface area contributed by atoms with Gasteiger partial charge in [-0.3, -0.25) is 9.59 Å². The van der Waals surface area contributed by atoms with Gasteiger partial charge in [0.25, 0.3) is 5.91 Å². The first kappa shape index (κ1) is 19.3. The molecule has 6 nitrogen and oxygen atoms in total. The van der Waals surface area contributed by atoms with E-state index in [2.05, 4.69) is 20.9 Å². The summed E-state index contributed by atoms with van der Waals surface area (Å²) in [7, 11) is 0. The van der Waals surface area contributed by atoms with Gasteiger partial charge in [-0.05, 0) is 48.5 Å². The molecule has 2 aromatic carbocycles. The molecule has 8 heteroatoms. The molecular weight excluding hydrogens is 383 g/mol. The Balaban J connectivity index is 1.66. The summed E-state index contributed by atoms with van der Waals surface area (Å²) in [6.45, 7) is 1.41. The van der Waals surface area contributed by atoms with Gasteiger partial charge in [-0.2, -0.15) is 0 Å².